The van der Waals surface area contributed by atoms with E-state index in [-0.39, 0.29) is 11.8 Å². The molecule has 1 saturated carbocycles. The van der Waals surface area contributed by atoms with Crippen molar-refractivity contribution in [3.63, 3.8) is 0 Å². The summed E-state index contributed by atoms with van der Waals surface area (Å²) in [7, 11) is 0. The van der Waals surface area contributed by atoms with Crippen LogP contribution in [0.25, 0.3) is 0 Å². The Morgan fingerprint density at radius 3 is 2.16 bits per heavy atom. The van der Waals surface area contributed by atoms with Gasteiger partial charge in [-0.2, -0.15) is 0 Å². The lowest BCUT2D eigenvalue weighted by Crippen LogP contribution is -2.28. The molecule has 1 rings (SSSR count). The Balaban J connectivity index is 2.14. The summed E-state index contributed by atoms with van der Waals surface area (Å²) >= 11 is 0. The van der Waals surface area contributed by atoms with Crippen molar-refractivity contribution in [2.45, 2.75) is 59.3 Å². The summed E-state index contributed by atoms with van der Waals surface area (Å²) in [6.45, 7) is 6.56. The van der Waals surface area contributed by atoms with Crippen molar-refractivity contribution >= 4 is 11.9 Å². The zero-order valence-electron chi connectivity index (χ0n) is 12.4. The first-order valence-corrected chi connectivity index (χ1v) is 7.43. The Hall–Kier alpha value is -1.06. The predicted molar refractivity (Wildman–Crippen MR) is 74.8 cm³/mol. The van der Waals surface area contributed by atoms with Crippen molar-refractivity contribution in [3.8, 4) is 0 Å². The molecule has 0 spiro atoms. The smallest absolute Gasteiger partial charge is 0.307 e. The van der Waals surface area contributed by atoms with E-state index in [1.165, 1.54) is 25.7 Å². The molecule has 4 nitrogen and oxygen atoms in total. The third-order valence-electron chi connectivity index (χ3n) is 4.21. The maximum atomic E-state index is 11.9. The molecule has 1 amide bonds. The maximum Gasteiger partial charge on any atom is 0.307 e. The first-order chi connectivity index (χ1) is 8.92. The van der Waals surface area contributed by atoms with Gasteiger partial charge in [-0.25, -0.2) is 0 Å². The fraction of sp³-hybridized carbons (Fsp3) is 0.867. The quantitative estimate of drug-likeness (QED) is 0.632. The van der Waals surface area contributed by atoms with Gasteiger partial charge in [0.1, 0.15) is 0 Å². The number of hydrogen-bond acceptors (Lipinski definition) is 2. The molecule has 0 aromatic heterocycles. The monoisotopic (exact) mass is 269 g/mol. The highest BCUT2D eigenvalue weighted by atomic mass is 16.4. The normalized spacial score (nSPS) is 23.9. The van der Waals surface area contributed by atoms with Gasteiger partial charge in [-0.1, -0.05) is 52.9 Å². The average molecular weight is 269 g/mol. The van der Waals surface area contributed by atoms with E-state index in [0.717, 1.165) is 12.8 Å². The highest BCUT2D eigenvalue weighted by Gasteiger charge is 2.65. The van der Waals surface area contributed by atoms with E-state index >= 15 is 0 Å². The molecule has 1 aliphatic rings. The van der Waals surface area contributed by atoms with Gasteiger partial charge in [-0.3, -0.25) is 9.59 Å². The van der Waals surface area contributed by atoms with E-state index in [9.17, 15) is 9.59 Å². The molecular weight excluding hydrogens is 242 g/mol. The lowest BCUT2D eigenvalue weighted by Gasteiger charge is -2.06. The molecule has 2 N–H and O–H groups in total. The molecule has 0 radical (unpaired) electrons. The maximum absolute atomic E-state index is 11.9. The second-order valence-electron chi connectivity index (χ2n) is 6.17. The van der Waals surface area contributed by atoms with E-state index in [0.29, 0.717) is 6.54 Å². The number of aliphatic carboxylic acids is 1. The second-order valence-corrected chi connectivity index (χ2v) is 6.17. The summed E-state index contributed by atoms with van der Waals surface area (Å²) in [5.74, 6) is -1.82. The number of carboxylic acid groups (broad SMARTS) is 1. The van der Waals surface area contributed by atoms with Crippen LogP contribution >= 0.6 is 0 Å². The lowest BCUT2D eigenvalue weighted by molar-refractivity contribution is -0.140. The summed E-state index contributed by atoms with van der Waals surface area (Å²) in [6.07, 6.45) is 7.13. The first-order valence-electron chi connectivity index (χ1n) is 7.43. The molecular formula is C15H27NO3. The molecule has 19 heavy (non-hydrogen) atoms. The van der Waals surface area contributed by atoms with Crippen LogP contribution in [-0.4, -0.2) is 23.5 Å². The van der Waals surface area contributed by atoms with Crippen LogP contribution in [0.1, 0.15) is 59.3 Å². The zero-order chi connectivity index (χ0) is 14.5. The van der Waals surface area contributed by atoms with Crippen molar-refractivity contribution in [3.05, 3.63) is 0 Å². The highest BCUT2D eigenvalue weighted by molar-refractivity contribution is 5.91. The van der Waals surface area contributed by atoms with Gasteiger partial charge in [0.05, 0.1) is 11.8 Å². The van der Waals surface area contributed by atoms with Crippen LogP contribution in [0, 0.1) is 17.3 Å². The number of hydrogen-bond donors (Lipinski definition) is 2. The SMILES string of the molecule is CCCCCCCCNC(=O)C1C(C(=O)O)C1(C)C. The Bertz CT molecular complexity index is 325. The van der Waals surface area contributed by atoms with Crippen molar-refractivity contribution in [2.75, 3.05) is 6.54 Å². The lowest BCUT2D eigenvalue weighted by atomic mass is 10.1. The molecule has 0 aliphatic heterocycles. The molecule has 2 unspecified atom stereocenters. The first kappa shape index (κ1) is 16.0. The Morgan fingerprint density at radius 1 is 1.05 bits per heavy atom. The Labute approximate surface area is 116 Å². The zero-order valence-corrected chi connectivity index (χ0v) is 12.4. The fourth-order valence-electron chi connectivity index (χ4n) is 2.81. The average Bonchev–Trinajstić information content (AvgIpc) is 2.91. The number of carbonyl (C=O) groups excluding carboxylic acids is 1. The summed E-state index contributed by atoms with van der Waals surface area (Å²) < 4.78 is 0. The number of carboxylic acids is 1. The summed E-state index contributed by atoms with van der Waals surface area (Å²) in [5.41, 5.74) is -0.392. The molecule has 0 saturated heterocycles. The minimum Gasteiger partial charge on any atom is -0.481 e. The summed E-state index contributed by atoms with van der Waals surface area (Å²) in [5, 5.41) is 11.9. The van der Waals surface area contributed by atoms with Crippen molar-refractivity contribution in [2.24, 2.45) is 17.3 Å². The molecule has 1 aliphatic carbocycles. The molecule has 4 heteroatoms. The van der Waals surface area contributed by atoms with E-state index < -0.39 is 17.3 Å². The van der Waals surface area contributed by atoms with Crippen molar-refractivity contribution in [1.29, 1.82) is 0 Å². The third kappa shape index (κ3) is 4.22. The van der Waals surface area contributed by atoms with Crippen LogP contribution in [-0.2, 0) is 9.59 Å². The van der Waals surface area contributed by atoms with E-state index in [1.54, 1.807) is 0 Å². The van der Waals surface area contributed by atoms with Crippen molar-refractivity contribution < 1.29 is 14.7 Å². The Kier molecular flexibility index (Phi) is 5.83. The largest absolute Gasteiger partial charge is 0.481 e. The predicted octanol–water partition coefficient (Wildman–Crippen LogP) is 2.82. The van der Waals surface area contributed by atoms with Crippen LogP contribution in [0.3, 0.4) is 0 Å². The van der Waals surface area contributed by atoms with Gasteiger partial charge in [0.25, 0.3) is 0 Å². The highest BCUT2D eigenvalue weighted by Crippen LogP contribution is 2.58. The third-order valence-corrected chi connectivity index (χ3v) is 4.21. The minimum atomic E-state index is -0.857. The van der Waals surface area contributed by atoms with Gasteiger partial charge in [0, 0.05) is 6.54 Å². The van der Waals surface area contributed by atoms with Gasteiger partial charge in [0.2, 0.25) is 5.91 Å². The number of unbranched alkanes of at least 4 members (excludes halogenated alkanes) is 5. The molecule has 110 valence electrons. The minimum absolute atomic E-state index is 0.0917. The molecule has 0 heterocycles. The number of carbonyl (C=O) groups is 2. The van der Waals surface area contributed by atoms with Crippen LogP contribution in [0.2, 0.25) is 0 Å². The molecule has 2 atom stereocenters. The van der Waals surface area contributed by atoms with Gasteiger partial charge in [-0.15, -0.1) is 0 Å². The molecule has 0 bridgehead atoms. The molecule has 0 aromatic rings. The van der Waals surface area contributed by atoms with Crippen LogP contribution in [0.15, 0.2) is 0 Å². The van der Waals surface area contributed by atoms with Gasteiger partial charge < -0.3 is 10.4 Å². The van der Waals surface area contributed by atoms with Gasteiger partial charge >= 0.3 is 5.97 Å². The Morgan fingerprint density at radius 2 is 1.63 bits per heavy atom. The number of nitrogens with one attached hydrogen (secondary N) is 1. The van der Waals surface area contributed by atoms with Crippen LogP contribution in [0.4, 0.5) is 0 Å². The standard InChI is InChI=1S/C15H27NO3/c1-4-5-6-7-8-9-10-16-13(17)11-12(14(18)19)15(11,2)3/h11-12H,4-10H2,1-3H3,(H,16,17)(H,18,19). The van der Waals surface area contributed by atoms with Crippen LogP contribution < -0.4 is 5.32 Å². The van der Waals surface area contributed by atoms with Gasteiger partial charge in [-0.05, 0) is 11.8 Å². The van der Waals surface area contributed by atoms with E-state index in [1.807, 2.05) is 13.8 Å². The topological polar surface area (TPSA) is 66.4 Å². The van der Waals surface area contributed by atoms with Gasteiger partial charge in [0.15, 0.2) is 0 Å². The fourth-order valence-corrected chi connectivity index (χ4v) is 2.81. The second kappa shape index (κ2) is 6.92. The van der Waals surface area contributed by atoms with E-state index in [2.05, 4.69) is 12.2 Å². The number of rotatable bonds is 9. The molecule has 0 aromatic carbocycles. The summed E-state index contributed by atoms with van der Waals surface area (Å²) in [4.78, 5) is 22.9. The van der Waals surface area contributed by atoms with Crippen LogP contribution in [0.5, 0.6) is 0 Å². The number of amides is 1. The van der Waals surface area contributed by atoms with E-state index in [4.69, 9.17) is 5.11 Å². The molecule has 1 fully saturated rings. The van der Waals surface area contributed by atoms with Crippen molar-refractivity contribution in [1.82, 2.24) is 5.32 Å². The summed E-state index contributed by atoms with van der Waals surface area (Å²) in [6, 6.07) is 0.